The molecule has 7 heteroatoms. The van der Waals surface area contributed by atoms with Crippen molar-refractivity contribution >= 4 is 11.6 Å². The molecule has 0 fully saturated rings. The summed E-state index contributed by atoms with van der Waals surface area (Å²) in [7, 11) is 0. The highest BCUT2D eigenvalue weighted by Gasteiger charge is 2.17. The highest BCUT2D eigenvalue weighted by Crippen LogP contribution is 2.25. The van der Waals surface area contributed by atoms with Crippen LogP contribution in [-0.2, 0) is 0 Å². The van der Waals surface area contributed by atoms with Crippen LogP contribution in [0.5, 0.6) is 6.01 Å². The monoisotopic (exact) mass is 388 g/mol. The molecule has 4 aromatic rings. The first-order valence-electron chi connectivity index (χ1n) is 9.26. The first kappa shape index (κ1) is 18.5. The Balaban J connectivity index is 1.65. The van der Waals surface area contributed by atoms with E-state index in [0.29, 0.717) is 29.4 Å². The number of rotatable bonds is 6. The van der Waals surface area contributed by atoms with Gasteiger partial charge < -0.3 is 14.5 Å². The standard InChI is InChI=1S/C22H20N4O3/c1-3-28-22-24-20(19-8-5-13-29-19)26(25-22)18-7-4-6-17(14-18)23-21(27)16-11-9-15(2)10-12-16/h4-14H,3H2,1-2H3,(H,23,27). The maximum absolute atomic E-state index is 12.5. The average molecular weight is 388 g/mol. The minimum Gasteiger partial charge on any atom is -0.463 e. The van der Waals surface area contributed by atoms with Gasteiger partial charge in [-0.3, -0.25) is 4.79 Å². The molecular weight excluding hydrogens is 368 g/mol. The zero-order valence-corrected chi connectivity index (χ0v) is 16.1. The van der Waals surface area contributed by atoms with E-state index in [4.69, 9.17) is 9.15 Å². The van der Waals surface area contributed by atoms with Gasteiger partial charge in [0.2, 0.25) is 5.82 Å². The third kappa shape index (κ3) is 4.03. The SMILES string of the molecule is CCOc1nc(-c2ccco2)n(-c2cccc(NC(=O)c3ccc(C)cc3)c2)n1. The molecule has 4 rings (SSSR count). The molecule has 0 bridgehead atoms. The van der Waals surface area contributed by atoms with E-state index < -0.39 is 0 Å². The van der Waals surface area contributed by atoms with Crippen molar-refractivity contribution in [2.75, 3.05) is 11.9 Å². The molecule has 7 nitrogen and oxygen atoms in total. The highest BCUT2D eigenvalue weighted by molar-refractivity contribution is 6.04. The number of anilines is 1. The lowest BCUT2D eigenvalue weighted by Gasteiger charge is -2.09. The Labute approximate surface area is 168 Å². The van der Waals surface area contributed by atoms with E-state index in [2.05, 4.69) is 15.4 Å². The summed E-state index contributed by atoms with van der Waals surface area (Å²) < 4.78 is 12.6. The molecule has 0 spiro atoms. The summed E-state index contributed by atoms with van der Waals surface area (Å²) in [4.78, 5) is 16.9. The number of hydrogen-bond acceptors (Lipinski definition) is 5. The summed E-state index contributed by atoms with van der Waals surface area (Å²) in [5.41, 5.74) is 3.06. The molecule has 0 saturated carbocycles. The van der Waals surface area contributed by atoms with Crippen LogP contribution in [0.25, 0.3) is 17.3 Å². The smallest absolute Gasteiger partial charge is 0.336 e. The lowest BCUT2D eigenvalue weighted by molar-refractivity contribution is 0.102. The Morgan fingerprint density at radius 3 is 2.69 bits per heavy atom. The summed E-state index contributed by atoms with van der Waals surface area (Å²) in [6.45, 7) is 4.30. The minimum absolute atomic E-state index is 0.179. The van der Waals surface area contributed by atoms with E-state index in [1.54, 1.807) is 35.2 Å². The van der Waals surface area contributed by atoms with Crippen LogP contribution in [0, 0.1) is 6.92 Å². The fourth-order valence-electron chi connectivity index (χ4n) is 2.85. The van der Waals surface area contributed by atoms with Crippen molar-refractivity contribution in [1.82, 2.24) is 14.8 Å². The first-order valence-corrected chi connectivity index (χ1v) is 9.26. The number of ether oxygens (including phenoxy) is 1. The molecule has 1 N–H and O–H groups in total. The topological polar surface area (TPSA) is 82.2 Å². The molecule has 0 unspecified atom stereocenters. The predicted octanol–water partition coefficient (Wildman–Crippen LogP) is 4.49. The first-order chi connectivity index (χ1) is 14.1. The second-order valence-electron chi connectivity index (χ2n) is 6.41. The van der Waals surface area contributed by atoms with Crippen LogP contribution in [0.2, 0.25) is 0 Å². The van der Waals surface area contributed by atoms with Gasteiger partial charge in [-0.2, -0.15) is 4.98 Å². The molecule has 2 aromatic carbocycles. The van der Waals surface area contributed by atoms with Gasteiger partial charge >= 0.3 is 6.01 Å². The van der Waals surface area contributed by atoms with Crippen molar-refractivity contribution in [3.05, 3.63) is 78.1 Å². The van der Waals surface area contributed by atoms with Crippen molar-refractivity contribution in [3.8, 4) is 23.3 Å². The quantitative estimate of drug-likeness (QED) is 0.526. The van der Waals surface area contributed by atoms with E-state index in [0.717, 1.165) is 11.3 Å². The predicted molar refractivity (Wildman–Crippen MR) is 109 cm³/mol. The zero-order chi connectivity index (χ0) is 20.2. The van der Waals surface area contributed by atoms with Crippen molar-refractivity contribution in [3.63, 3.8) is 0 Å². The molecule has 2 aromatic heterocycles. The number of amides is 1. The Kier molecular flexibility index (Phi) is 5.11. The minimum atomic E-state index is -0.179. The average Bonchev–Trinajstić information content (AvgIpc) is 3.39. The Hall–Kier alpha value is -3.87. The van der Waals surface area contributed by atoms with Gasteiger partial charge in [0.1, 0.15) is 0 Å². The second kappa shape index (κ2) is 8.02. The van der Waals surface area contributed by atoms with Gasteiger partial charge in [0.15, 0.2) is 5.76 Å². The molecule has 1 amide bonds. The van der Waals surface area contributed by atoms with Gasteiger partial charge in [-0.15, -0.1) is 5.10 Å². The molecule has 0 radical (unpaired) electrons. The number of nitrogens with one attached hydrogen (secondary N) is 1. The fraction of sp³-hybridized carbons (Fsp3) is 0.136. The lowest BCUT2D eigenvalue weighted by atomic mass is 10.1. The molecule has 0 aliphatic rings. The van der Waals surface area contributed by atoms with Crippen LogP contribution in [0.3, 0.4) is 0 Å². The maximum Gasteiger partial charge on any atom is 0.336 e. The molecule has 29 heavy (non-hydrogen) atoms. The van der Waals surface area contributed by atoms with E-state index in [9.17, 15) is 4.79 Å². The van der Waals surface area contributed by atoms with Gasteiger partial charge in [0.05, 0.1) is 18.6 Å². The summed E-state index contributed by atoms with van der Waals surface area (Å²) in [5.74, 6) is 0.903. The maximum atomic E-state index is 12.5. The van der Waals surface area contributed by atoms with Gasteiger partial charge in [-0.25, -0.2) is 4.68 Å². The molecule has 2 heterocycles. The van der Waals surface area contributed by atoms with Crippen LogP contribution in [0.1, 0.15) is 22.8 Å². The normalized spacial score (nSPS) is 10.7. The number of aryl methyl sites for hydroxylation is 1. The Morgan fingerprint density at radius 2 is 1.97 bits per heavy atom. The van der Waals surface area contributed by atoms with E-state index in [-0.39, 0.29) is 11.9 Å². The molecule has 0 saturated heterocycles. The van der Waals surface area contributed by atoms with Gasteiger partial charge in [0.25, 0.3) is 5.91 Å². The third-order valence-electron chi connectivity index (χ3n) is 4.27. The number of hydrogen-bond donors (Lipinski definition) is 1. The van der Waals surface area contributed by atoms with Crippen molar-refractivity contribution in [1.29, 1.82) is 0 Å². The number of benzene rings is 2. The number of nitrogens with zero attached hydrogens (tertiary/aromatic N) is 3. The summed E-state index contributed by atoms with van der Waals surface area (Å²) in [6, 6.07) is 18.6. The van der Waals surface area contributed by atoms with E-state index in [1.807, 2.05) is 50.2 Å². The molecule has 0 aliphatic carbocycles. The van der Waals surface area contributed by atoms with Crippen LogP contribution in [0.15, 0.2) is 71.3 Å². The number of carbonyl (C=O) groups is 1. The molecular formula is C22H20N4O3. The largest absolute Gasteiger partial charge is 0.463 e. The number of aromatic nitrogens is 3. The van der Waals surface area contributed by atoms with Crippen LogP contribution in [-0.4, -0.2) is 27.3 Å². The summed E-state index contributed by atoms with van der Waals surface area (Å²) >= 11 is 0. The molecule has 146 valence electrons. The molecule has 0 atom stereocenters. The van der Waals surface area contributed by atoms with E-state index >= 15 is 0 Å². The van der Waals surface area contributed by atoms with Crippen LogP contribution in [0.4, 0.5) is 5.69 Å². The van der Waals surface area contributed by atoms with Crippen molar-refractivity contribution < 1.29 is 13.9 Å². The van der Waals surface area contributed by atoms with E-state index in [1.165, 1.54) is 0 Å². The fourth-order valence-corrected chi connectivity index (χ4v) is 2.85. The summed E-state index contributed by atoms with van der Waals surface area (Å²) in [5, 5.41) is 7.34. The second-order valence-corrected chi connectivity index (χ2v) is 6.41. The Bertz CT molecular complexity index is 1120. The van der Waals surface area contributed by atoms with Gasteiger partial charge in [0, 0.05) is 11.3 Å². The van der Waals surface area contributed by atoms with Gasteiger partial charge in [-0.1, -0.05) is 23.8 Å². The van der Waals surface area contributed by atoms with Crippen molar-refractivity contribution in [2.45, 2.75) is 13.8 Å². The summed E-state index contributed by atoms with van der Waals surface area (Å²) in [6.07, 6.45) is 1.58. The highest BCUT2D eigenvalue weighted by atomic mass is 16.5. The van der Waals surface area contributed by atoms with Gasteiger partial charge in [-0.05, 0) is 56.3 Å². The third-order valence-corrected chi connectivity index (χ3v) is 4.27. The number of carbonyl (C=O) groups excluding carboxylic acids is 1. The van der Waals surface area contributed by atoms with Crippen molar-refractivity contribution in [2.24, 2.45) is 0 Å². The van der Waals surface area contributed by atoms with Crippen LogP contribution >= 0.6 is 0 Å². The van der Waals surface area contributed by atoms with Crippen LogP contribution < -0.4 is 10.1 Å². The zero-order valence-electron chi connectivity index (χ0n) is 16.1. The number of furan rings is 1. The lowest BCUT2D eigenvalue weighted by Crippen LogP contribution is -2.12. The Morgan fingerprint density at radius 1 is 1.14 bits per heavy atom. The molecule has 0 aliphatic heterocycles.